The Kier molecular flexibility index (Phi) is 1.20. The summed E-state index contributed by atoms with van der Waals surface area (Å²) < 4.78 is 32.5. The van der Waals surface area contributed by atoms with E-state index in [1.807, 2.05) is 0 Å². The largest absolute Gasteiger partial charge is 0.251 e. The highest BCUT2D eigenvalue weighted by Crippen LogP contribution is 1.98. The van der Waals surface area contributed by atoms with Crippen LogP contribution in [-0.4, -0.2) is 6.67 Å². The minimum atomic E-state index is -1.50. The van der Waals surface area contributed by atoms with Gasteiger partial charge in [-0.05, 0) is 5.89 Å². The van der Waals surface area contributed by atoms with Gasteiger partial charge in [-0.3, -0.25) is 4.39 Å². The van der Waals surface area contributed by atoms with Gasteiger partial charge in [-0.25, -0.2) is 0 Å². The molecule has 0 saturated heterocycles. The number of rotatable bonds is 2. The molecule has 0 aliphatic carbocycles. The molecule has 1 heteroatoms. The summed E-state index contributed by atoms with van der Waals surface area (Å²) in [4.78, 5) is 0. The molecule has 0 N–H and O–H groups in total. The summed E-state index contributed by atoms with van der Waals surface area (Å²) in [7, 11) is 0. The van der Waals surface area contributed by atoms with Gasteiger partial charge in [-0.15, -0.1) is 0 Å². The highest BCUT2D eigenvalue weighted by atomic mass is 19.1. The first-order valence-corrected chi connectivity index (χ1v) is 1.97. The summed E-state index contributed by atoms with van der Waals surface area (Å²) in [6.45, 7) is -0.670. The fraction of sp³-hybridized carbons (Fsp3) is 1.00. The van der Waals surface area contributed by atoms with Gasteiger partial charge in [0.1, 0.15) is 0 Å². The van der Waals surface area contributed by atoms with E-state index >= 15 is 0 Å². The van der Waals surface area contributed by atoms with Crippen molar-refractivity contribution in [1.29, 1.82) is 0 Å². The van der Waals surface area contributed by atoms with E-state index < -0.39 is 19.4 Å². The lowest BCUT2D eigenvalue weighted by Gasteiger charge is -1.95. The molecule has 0 amide bonds. The molecule has 0 spiro atoms. The zero-order chi connectivity index (χ0) is 7.49. The van der Waals surface area contributed by atoms with Gasteiger partial charge >= 0.3 is 0 Å². The van der Waals surface area contributed by atoms with Gasteiger partial charge in [0.2, 0.25) is 0 Å². The number of halogens is 1. The maximum absolute atomic E-state index is 11.9. The van der Waals surface area contributed by atoms with Crippen LogP contribution in [0.4, 0.5) is 4.39 Å². The predicted molar refractivity (Wildman–Crippen MR) is 25.4 cm³/mol. The number of hydrogen-bond acceptors (Lipinski definition) is 0. The molecule has 1 unspecified atom stereocenters. The summed E-state index contributed by atoms with van der Waals surface area (Å²) in [5.41, 5.74) is 0. The average Bonchev–Trinajstić information content (AvgIpc) is 1.86. The molecule has 0 aliphatic rings. The van der Waals surface area contributed by atoms with Crippen LogP contribution in [0.15, 0.2) is 0 Å². The van der Waals surface area contributed by atoms with Crippen LogP contribution in [0.25, 0.3) is 0 Å². The van der Waals surface area contributed by atoms with Crippen molar-refractivity contribution in [1.82, 2.24) is 0 Å². The van der Waals surface area contributed by atoms with Crippen molar-refractivity contribution in [3.63, 3.8) is 0 Å². The minimum absolute atomic E-state index is 0.223. The monoisotopic (exact) mass is 93.1 g/mol. The Bertz CT molecular complexity index is 80.3. The van der Waals surface area contributed by atoms with Crippen LogP contribution < -0.4 is 0 Å². The fourth-order valence-corrected chi connectivity index (χ4v) is 0.0945. The minimum Gasteiger partial charge on any atom is -0.251 e. The molecule has 1 atom stereocenters. The van der Waals surface area contributed by atoms with Gasteiger partial charge < -0.3 is 0 Å². The maximum atomic E-state index is 11.9. The predicted octanol–water partition coefficient (Wildman–Crippen LogP) is 2.00. The Morgan fingerprint density at radius 2 is 2.83 bits per heavy atom. The van der Waals surface area contributed by atoms with Crippen molar-refractivity contribution >= 4 is 0 Å². The quantitative estimate of drug-likeness (QED) is 0.490. The molecule has 0 bridgehead atoms. The zero-order valence-corrected chi connectivity index (χ0v) is 3.87. The second kappa shape index (κ2) is 3.13. The molecular formula is C5H11F. The van der Waals surface area contributed by atoms with Crippen molar-refractivity contribution in [2.45, 2.75) is 20.2 Å². The third-order valence-corrected chi connectivity index (χ3v) is 0.626. The Labute approximate surface area is 42.6 Å². The summed E-state index contributed by atoms with van der Waals surface area (Å²) >= 11 is 0. The van der Waals surface area contributed by atoms with Gasteiger partial charge in [-0.1, -0.05) is 20.2 Å². The topological polar surface area (TPSA) is 0 Å². The van der Waals surface area contributed by atoms with Crippen LogP contribution in [0.1, 0.15) is 24.3 Å². The average molecular weight is 93.2 g/mol. The van der Waals surface area contributed by atoms with Crippen molar-refractivity contribution in [2.75, 3.05) is 6.67 Å². The first-order chi connectivity index (χ1) is 4.06. The van der Waals surface area contributed by atoms with E-state index in [0.29, 0.717) is 0 Å². The molecule has 6 heavy (non-hydrogen) atoms. The molecule has 38 valence electrons. The Morgan fingerprint density at radius 1 is 2.17 bits per heavy atom. The van der Waals surface area contributed by atoms with E-state index in [4.69, 9.17) is 4.11 Å². The molecule has 0 rings (SSSR count). The summed E-state index contributed by atoms with van der Waals surface area (Å²) in [5.74, 6) is -1.50. The molecule has 0 radical (unpaired) electrons. The van der Waals surface area contributed by atoms with E-state index in [1.165, 1.54) is 0 Å². The lowest BCUT2D eigenvalue weighted by atomic mass is 10.1. The SMILES string of the molecule is [2H]C([2H])C([2H])(CC)CF. The number of alkyl halides is 1. The summed E-state index contributed by atoms with van der Waals surface area (Å²) in [5, 5.41) is 0. The van der Waals surface area contributed by atoms with Crippen molar-refractivity contribution in [3.8, 4) is 0 Å². The Morgan fingerprint density at radius 3 is 2.83 bits per heavy atom. The second-order valence-electron chi connectivity index (χ2n) is 1.15. The van der Waals surface area contributed by atoms with Crippen molar-refractivity contribution in [2.24, 2.45) is 5.89 Å². The molecule has 0 aromatic heterocycles. The van der Waals surface area contributed by atoms with Gasteiger partial charge in [0.25, 0.3) is 0 Å². The number of hydrogen-bond donors (Lipinski definition) is 0. The van der Waals surface area contributed by atoms with Gasteiger partial charge in [-0.2, -0.15) is 0 Å². The van der Waals surface area contributed by atoms with Crippen LogP contribution in [0.5, 0.6) is 0 Å². The van der Waals surface area contributed by atoms with Crippen LogP contribution in [-0.2, 0) is 0 Å². The first kappa shape index (κ1) is 2.29. The fourth-order valence-electron chi connectivity index (χ4n) is 0.0945. The smallest absolute Gasteiger partial charge is 0.0919 e. The van der Waals surface area contributed by atoms with Crippen LogP contribution in [0.3, 0.4) is 0 Å². The lowest BCUT2D eigenvalue weighted by molar-refractivity contribution is 0.375. The molecule has 0 nitrogen and oxygen atoms in total. The maximum Gasteiger partial charge on any atom is 0.0919 e. The van der Waals surface area contributed by atoms with Crippen molar-refractivity contribution < 1.29 is 8.50 Å². The van der Waals surface area contributed by atoms with E-state index in [0.717, 1.165) is 0 Å². The third-order valence-electron chi connectivity index (χ3n) is 0.626. The van der Waals surface area contributed by atoms with E-state index in [9.17, 15) is 4.39 Å². The molecular weight excluding hydrogens is 79.1 g/mol. The second-order valence-corrected chi connectivity index (χ2v) is 1.15. The third kappa shape index (κ3) is 2.18. The molecule has 0 saturated carbocycles. The first-order valence-electron chi connectivity index (χ1n) is 3.62. The van der Waals surface area contributed by atoms with Gasteiger partial charge in [0.05, 0.1) is 6.67 Å². The lowest BCUT2D eigenvalue weighted by Crippen LogP contribution is -1.91. The highest BCUT2D eigenvalue weighted by molar-refractivity contribution is 4.42. The van der Waals surface area contributed by atoms with Gasteiger partial charge in [0, 0.05) is 4.11 Å². The summed E-state index contributed by atoms with van der Waals surface area (Å²) in [6.07, 6.45) is 0.223. The Hall–Kier alpha value is -0.0700. The van der Waals surface area contributed by atoms with E-state index in [2.05, 4.69) is 0 Å². The molecule has 0 aromatic rings. The molecule has 0 fully saturated rings. The Balaban J connectivity index is 3.92. The standard InChI is InChI=1S/C5H11F/c1-3-5(2)4-6/h5H,3-4H2,1-2H3/i2D2,5D. The summed E-state index contributed by atoms with van der Waals surface area (Å²) in [6, 6.07) is 0. The zero-order valence-electron chi connectivity index (χ0n) is 6.87. The van der Waals surface area contributed by atoms with E-state index in [-0.39, 0.29) is 6.42 Å². The van der Waals surface area contributed by atoms with Crippen molar-refractivity contribution in [3.05, 3.63) is 0 Å². The molecule has 0 heterocycles. The van der Waals surface area contributed by atoms with E-state index in [1.54, 1.807) is 6.92 Å². The molecule has 0 aromatic carbocycles. The van der Waals surface area contributed by atoms with Crippen LogP contribution in [0, 0.1) is 5.89 Å². The van der Waals surface area contributed by atoms with Crippen LogP contribution in [0.2, 0.25) is 0 Å². The normalized spacial score (nSPS) is 27.5. The molecule has 0 aliphatic heterocycles. The van der Waals surface area contributed by atoms with Crippen LogP contribution >= 0.6 is 0 Å². The van der Waals surface area contributed by atoms with Gasteiger partial charge in [0.15, 0.2) is 0 Å². The highest BCUT2D eigenvalue weighted by Gasteiger charge is 1.92.